The van der Waals surface area contributed by atoms with Crippen molar-refractivity contribution in [2.75, 3.05) is 11.9 Å². The zero-order chi connectivity index (χ0) is 16.2. The van der Waals surface area contributed by atoms with Crippen molar-refractivity contribution in [2.45, 2.75) is 25.3 Å². The van der Waals surface area contributed by atoms with Crippen molar-refractivity contribution in [3.8, 4) is 5.75 Å². The van der Waals surface area contributed by atoms with E-state index in [1.54, 1.807) is 12.4 Å². The molecule has 2 heterocycles. The lowest BCUT2D eigenvalue weighted by molar-refractivity contribution is 0.334. The number of aromatic nitrogens is 3. The summed E-state index contributed by atoms with van der Waals surface area (Å²) in [6.07, 6.45) is 5.81. The maximum absolute atomic E-state index is 5.95. The summed E-state index contributed by atoms with van der Waals surface area (Å²) in [4.78, 5) is 12.5. The Bertz CT molecular complexity index is 714. The molecular weight excluding hydrogens is 334 g/mol. The molecule has 1 fully saturated rings. The zero-order valence-corrected chi connectivity index (χ0v) is 14.1. The number of halogens is 1. The van der Waals surface area contributed by atoms with Gasteiger partial charge in [-0.3, -0.25) is 4.98 Å². The van der Waals surface area contributed by atoms with E-state index in [2.05, 4.69) is 25.6 Å². The largest absolute Gasteiger partial charge is 0.492 e. The molecular formula is C15H16ClN5OS. The Hall–Kier alpha value is -1.99. The van der Waals surface area contributed by atoms with Gasteiger partial charge in [-0.15, -0.1) is 0 Å². The van der Waals surface area contributed by atoms with Crippen LogP contribution in [-0.2, 0) is 0 Å². The Balaban J connectivity index is 1.59. The van der Waals surface area contributed by atoms with Crippen molar-refractivity contribution < 1.29 is 4.74 Å². The standard InChI is InChI=1S/C15H16ClN5OS/c1-2-22-11-4-3-5-17-12(11)9-8-10(9)20-15(23)21-14-13(16)18-6-7-19-14/h3-7,9-10H,2,8H2,1H3,(H2,19,20,21,23). The molecule has 3 rings (SSSR count). The molecule has 1 saturated carbocycles. The minimum absolute atomic E-state index is 0.222. The lowest BCUT2D eigenvalue weighted by Crippen LogP contribution is -2.31. The summed E-state index contributed by atoms with van der Waals surface area (Å²) in [6.45, 7) is 2.58. The molecule has 2 aromatic rings. The Morgan fingerprint density at radius 1 is 1.35 bits per heavy atom. The Kier molecular flexibility index (Phi) is 4.88. The molecule has 2 unspecified atom stereocenters. The summed E-state index contributed by atoms with van der Waals surface area (Å²) >= 11 is 11.2. The summed E-state index contributed by atoms with van der Waals surface area (Å²) < 4.78 is 5.63. The number of anilines is 1. The van der Waals surface area contributed by atoms with Gasteiger partial charge in [0, 0.05) is 30.6 Å². The van der Waals surface area contributed by atoms with Crippen molar-refractivity contribution in [2.24, 2.45) is 0 Å². The molecule has 0 spiro atoms. The fraction of sp³-hybridized carbons (Fsp3) is 0.333. The molecule has 2 atom stereocenters. The second-order valence-electron chi connectivity index (χ2n) is 5.06. The van der Waals surface area contributed by atoms with E-state index >= 15 is 0 Å². The smallest absolute Gasteiger partial charge is 0.172 e. The van der Waals surface area contributed by atoms with Gasteiger partial charge in [0.05, 0.1) is 12.3 Å². The quantitative estimate of drug-likeness (QED) is 0.804. The van der Waals surface area contributed by atoms with Gasteiger partial charge in [-0.1, -0.05) is 11.6 Å². The Morgan fingerprint density at radius 3 is 2.96 bits per heavy atom. The minimum Gasteiger partial charge on any atom is -0.492 e. The van der Waals surface area contributed by atoms with Crippen LogP contribution >= 0.6 is 23.8 Å². The van der Waals surface area contributed by atoms with Gasteiger partial charge in [0.15, 0.2) is 16.1 Å². The second-order valence-corrected chi connectivity index (χ2v) is 5.83. The molecule has 8 heteroatoms. The summed E-state index contributed by atoms with van der Waals surface area (Å²) in [7, 11) is 0. The van der Waals surface area contributed by atoms with Crippen LogP contribution in [0.5, 0.6) is 5.75 Å². The van der Waals surface area contributed by atoms with Gasteiger partial charge in [-0.05, 0) is 37.7 Å². The maximum atomic E-state index is 5.95. The van der Waals surface area contributed by atoms with E-state index < -0.39 is 0 Å². The van der Waals surface area contributed by atoms with Gasteiger partial charge >= 0.3 is 0 Å². The summed E-state index contributed by atoms with van der Waals surface area (Å²) in [5.41, 5.74) is 0.965. The van der Waals surface area contributed by atoms with E-state index in [1.165, 1.54) is 6.20 Å². The molecule has 0 bridgehead atoms. The first-order chi connectivity index (χ1) is 11.2. The van der Waals surface area contributed by atoms with E-state index in [0.717, 1.165) is 17.9 Å². The molecule has 2 aromatic heterocycles. The summed E-state index contributed by atoms with van der Waals surface area (Å²) in [5.74, 6) is 1.56. The van der Waals surface area contributed by atoms with Crippen LogP contribution in [0.25, 0.3) is 0 Å². The first-order valence-electron chi connectivity index (χ1n) is 7.30. The number of hydrogen-bond donors (Lipinski definition) is 2. The molecule has 23 heavy (non-hydrogen) atoms. The third kappa shape index (κ3) is 3.86. The van der Waals surface area contributed by atoms with Gasteiger partial charge in [-0.2, -0.15) is 0 Å². The molecule has 0 radical (unpaired) electrons. The van der Waals surface area contributed by atoms with Crippen LogP contribution in [0, 0.1) is 0 Å². The SMILES string of the molecule is CCOc1cccnc1C1CC1NC(=S)Nc1nccnc1Cl. The zero-order valence-electron chi connectivity index (χ0n) is 12.5. The first kappa shape index (κ1) is 15.9. The normalized spacial score (nSPS) is 19.0. The van der Waals surface area contributed by atoms with Gasteiger partial charge in [0.2, 0.25) is 0 Å². The minimum atomic E-state index is 0.222. The highest BCUT2D eigenvalue weighted by Gasteiger charge is 2.41. The fourth-order valence-electron chi connectivity index (χ4n) is 2.33. The molecule has 1 aliphatic rings. The predicted octanol–water partition coefficient (Wildman–Crippen LogP) is 2.77. The monoisotopic (exact) mass is 349 g/mol. The molecule has 0 aliphatic heterocycles. The van der Waals surface area contributed by atoms with E-state index in [9.17, 15) is 0 Å². The molecule has 0 saturated heterocycles. The van der Waals surface area contributed by atoms with Crippen LogP contribution in [0.3, 0.4) is 0 Å². The summed E-state index contributed by atoms with van der Waals surface area (Å²) in [6, 6.07) is 4.04. The lowest BCUT2D eigenvalue weighted by atomic mass is 10.2. The lowest BCUT2D eigenvalue weighted by Gasteiger charge is -2.11. The van der Waals surface area contributed by atoms with Crippen molar-refractivity contribution in [1.29, 1.82) is 0 Å². The molecule has 120 valence electrons. The first-order valence-corrected chi connectivity index (χ1v) is 8.09. The van der Waals surface area contributed by atoms with Crippen LogP contribution in [-0.4, -0.2) is 32.7 Å². The number of hydrogen-bond acceptors (Lipinski definition) is 5. The highest BCUT2D eigenvalue weighted by molar-refractivity contribution is 7.80. The number of thiocarbonyl (C=S) groups is 1. The molecule has 6 nitrogen and oxygen atoms in total. The van der Waals surface area contributed by atoms with E-state index in [1.807, 2.05) is 19.1 Å². The molecule has 0 aromatic carbocycles. The molecule has 2 N–H and O–H groups in total. The third-order valence-corrected chi connectivity index (χ3v) is 3.94. The van der Waals surface area contributed by atoms with Gasteiger partial charge in [0.1, 0.15) is 5.75 Å². The van der Waals surface area contributed by atoms with Crippen molar-refractivity contribution in [3.63, 3.8) is 0 Å². The maximum Gasteiger partial charge on any atom is 0.172 e. The Morgan fingerprint density at radius 2 is 2.17 bits per heavy atom. The highest BCUT2D eigenvalue weighted by Crippen LogP contribution is 2.43. The number of nitrogens with zero attached hydrogens (tertiary/aromatic N) is 3. The topological polar surface area (TPSA) is 72.0 Å². The average Bonchev–Trinajstić information content (AvgIpc) is 3.29. The summed E-state index contributed by atoms with van der Waals surface area (Å²) in [5, 5.41) is 6.95. The Labute approximate surface area is 144 Å². The van der Waals surface area contributed by atoms with Gasteiger partial charge < -0.3 is 15.4 Å². The molecule has 1 aliphatic carbocycles. The van der Waals surface area contributed by atoms with Crippen LogP contribution < -0.4 is 15.4 Å². The predicted molar refractivity (Wildman–Crippen MR) is 93.0 cm³/mol. The second kappa shape index (κ2) is 7.06. The van der Waals surface area contributed by atoms with E-state index in [0.29, 0.717) is 17.5 Å². The average molecular weight is 350 g/mol. The van der Waals surface area contributed by atoms with Crippen molar-refractivity contribution >= 4 is 34.7 Å². The van der Waals surface area contributed by atoms with E-state index in [-0.39, 0.29) is 17.1 Å². The molecule has 0 amide bonds. The van der Waals surface area contributed by atoms with E-state index in [4.69, 9.17) is 28.6 Å². The van der Waals surface area contributed by atoms with Crippen molar-refractivity contribution in [3.05, 3.63) is 41.6 Å². The van der Waals surface area contributed by atoms with Crippen LogP contribution in [0.4, 0.5) is 5.82 Å². The van der Waals surface area contributed by atoms with Crippen LogP contribution in [0.2, 0.25) is 5.15 Å². The van der Waals surface area contributed by atoms with Gasteiger partial charge in [0.25, 0.3) is 0 Å². The number of ether oxygens (including phenoxy) is 1. The van der Waals surface area contributed by atoms with Crippen molar-refractivity contribution in [1.82, 2.24) is 20.3 Å². The third-order valence-electron chi connectivity index (χ3n) is 3.44. The number of rotatable bonds is 5. The number of nitrogens with one attached hydrogen (secondary N) is 2. The number of pyridine rings is 1. The van der Waals surface area contributed by atoms with Gasteiger partial charge in [-0.25, -0.2) is 9.97 Å². The highest BCUT2D eigenvalue weighted by atomic mass is 35.5. The van der Waals surface area contributed by atoms with Crippen LogP contribution in [0.1, 0.15) is 25.0 Å². The fourth-order valence-corrected chi connectivity index (χ4v) is 2.73. The van der Waals surface area contributed by atoms with Crippen LogP contribution in [0.15, 0.2) is 30.7 Å².